The van der Waals surface area contributed by atoms with Crippen molar-refractivity contribution < 1.29 is 19.0 Å². The number of anilines is 2. The van der Waals surface area contributed by atoms with Crippen molar-refractivity contribution in [2.24, 2.45) is 0 Å². The SMILES string of the molecule is Nc1c(F)cc(F)cc1N1CC(O)C(O)C1. The first-order chi connectivity index (χ1) is 7.49. The molecule has 16 heavy (non-hydrogen) atoms. The van der Waals surface area contributed by atoms with Crippen LogP contribution in [0.4, 0.5) is 20.2 Å². The van der Waals surface area contributed by atoms with E-state index in [1.807, 2.05) is 0 Å². The third-order valence-corrected chi connectivity index (χ3v) is 2.67. The predicted molar refractivity (Wildman–Crippen MR) is 55.0 cm³/mol. The van der Waals surface area contributed by atoms with Crippen molar-refractivity contribution in [1.29, 1.82) is 0 Å². The average Bonchev–Trinajstić information content (AvgIpc) is 2.53. The lowest BCUT2D eigenvalue weighted by molar-refractivity contribution is 0.0572. The van der Waals surface area contributed by atoms with E-state index >= 15 is 0 Å². The summed E-state index contributed by atoms with van der Waals surface area (Å²) in [6, 6.07) is 1.78. The normalized spacial score (nSPS) is 25.1. The average molecular weight is 230 g/mol. The van der Waals surface area contributed by atoms with Gasteiger partial charge in [-0.3, -0.25) is 0 Å². The highest BCUT2D eigenvalue weighted by molar-refractivity contribution is 5.68. The molecule has 0 radical (unpaired) electrons. The molecule has 6 heteroatoms. The molecule has 2 atom stereocenters. The van der Waals surface area contributed by atoms with Crippen molar-refractivity contribution in [3.63, 3.8) is 0 Å². The fraction of sp³-hybridized carbons (Fsp3) is 0.400. The van der Waals surface area contributed by atoms with Crippen LogP contribution in [0, 0.1) is 11.6 Å². The van der Waals surface area contributed by atoms with Gasteiger partial charge >= 0.3 is 0 Å². The van der Waals surface area contributed by atoms with E-state index in [4.69, 9.17) is 5.73 Å². The zero-order valence-corrected chi connectivity index (χ0v) is 8.40. The molecule has 1 aliphatic heterocycles. The van der Waals surface area contributed by atoms with Crippen molar-refractivity contribution in [2.75, 3.05) is 23.7 Å². The van der Waals surface area contributed by atoms with Gasteiger partial charge in [-0.1, -0.05) is 0 Å². The van der Waals surface area contributed by atoms with Gasteiger partial charge in [0.2, 0.25) is 0 Å². The number of nitrogens with zero attached hydrogens (tertiary/aromatic N) is 1. The lowest BCUT2D eigenvalue weighted by Gasteiger charge is -2.20. The number of aliphatic hydroxyl groups is 2. The van der Waals surface area contributed by atoms with Gasteiger partial charge in [0.25, 0.3) is 0 Å². The molecule has 1 aliphatic rings. The van der Waals surface area contributed by atoms with Crippen LogP contribution in [-0.2, 0) is 0 Å². The van der Waals surface area contributed by atoms with Crippen LogP contribution in [0.1, 0.15) is 0 Å². The second kappa shape index (κ2) is 3.88. The van der Waals surface area contributed by atoms with Crippen LogP contribution in [0.2, 0.25) is 0 Å². The molecule has 2 unspecified atom stereocenters. The first kappa shape index (κ1) is 11.1. The maximum absolute atomic E-state index is 13.2. The largest absolute Gasteiger partial charge is 0.395 e. The number of hydrogen-bond donors (Lipinski definition) is 3. The molecule has 1 aromatic rings. The van der Waals surface area contributed by atoms with Crippen LogP contribution in [0.25, 0.3) is 0 Å². The van der Waals surface area contributed by atoms with Gasteiger partial charge in [0.1, 0.15) is 5.82 Å². The molecule has 88 valence electrons. The molecule has 2 rings (SSSR count). The maximum atomic E-state index is 13.2. The maximum Gasteiger partial charge on any atom is 0.151 e. The fourth-order valence-corrected chi connectivity index (χ4v) is 1.80. The Labute approximate surface area is 90.9 Å². The number of nitrogen functional groups attached to an aromatic ring is 1. The van der Waals surface area contributed by atoms with E-state index in [1.54, 1.807) is 0 Å². The molecular weight excluding hydrogens is 218 g/mol. The van der Waals surface area contributed by atoms with Crippen LogP contribution >= 0.6 is 0 Å². The zero-order valence-electron chi connectivity index (χ0n) is 8.40. The summed E-state index contributed by atoms with van der Waals surface area (Å²) in [5.41, 5.74) is 5.46. The van der Waals surface area contributed by atoms with Crippen molar-refractivity contribution >= 4 is 11.4 Å². The lowest BCUT2D eigenvalue weighted by Crippen LogP contribution is -2.22. The highest BCUT2D eigenvalue weighted by Crippen LogP contribution is 2.30. The van der Waals surface area contributed by atoms with Gasteiger partial charge in [-0.15, -0.1) is 0 Å². The summed E-state index contributed by atoms with van der Waals surface area (Å²) < 4.78 is 26.2. The highest BCUT2D eigenvalue weighted by Gasteiger charge is 2.31. The van der Waals surface area contributed by atoms with Crippen LogP contribution in [0.5, 0.6) is 0 Å². The summed E-state index contributed by atoms with van der Waals surface area (Å²) >= 11 is 0. The van der Waals surface area contributed by atoms with E-state index in [0.717, 1.165) is 6.07 Å². The molecule has 4 nitrogen and oxygen atoms in total. The zero-order chi connectivity index (χ0) is 11.9. The lowest BCUT2D eigenvalue weighted by atomic mass is 10.2. The molecule has 0 aliphatic carbocycles. The Kier molecular flexibility index (Phi) is 2.69. The third-order valence-electron chi connectivity index (χ3n) is 2.67. The minimum absolute atomic E-state index is 0.105. The number of β-amino-alcohol motifs (C(OH)–C–C–N with tert-alkyl or cyclic N) is 2. The van der Waals surface area contributed by atoms with E-state index in [1.165, 1.54) is 4.90 Å². The summed E-state index contributed by atoms with van der Waals surface area (Å²) in [6.07, 6.45) is -1.85. The van der Waals surface area contributed by atoms with Gasteiger partial charge in [0, 0.05) is 19.2 Å². The summed E-state index contributed by atoms with van der Waals surface area (Å²) in [7, 11) is 0. The van der Waals surface area contributed by atoms with Crippen LogP contribution < -0.4 is 10.6 Å². The summed E-state index contributed by atoms with van der Waals surface area (Å²) in [5.74, 6) is -1.58. The van der Waals surface area contributed by atoms with E-state index in [9.17, 15) is 19.0 Å². The smallest absolute Gasteiger partial charge is 0.151 e. The first-order valence-corrected chi connectivity index (χ1v) is 4.84. The van der Waals surface area contributed by atoms with Gasteiger partial charge in [-0.2, -0.15) is 0 Å². The molecule has 1 aromatic carbocycles. The number of halogens is 2. The molecule has 4 N–H and O–H groups in total. The van der Waals surface area contributed by atoms with Crippen molar-refractivity contribution in [3.05, 3.63) is 23.8 Å². The fourth-order valence-electron chi connectivity index (χ4n) is 1.80. The molecule has 0 amide bonds. The minimum Gasteiger partial charge on any atom is -0.395 e. The van der Waals surface area contributed by atoms with E-state index in [2.05, 4.69) is 0 Å². The number of benzene rings is 1. The summed E-state index contributed by atoms with van der Waals surface area (Å²) in [4.78, 5) is 1.46. The van der Waals surface area contributed by atoms with Gasteiger partial charge < -0.3 is 20.8 Å². The van der Waals surface area contributed by atoms with Gasteiger partial charge in [0.05, 0.1) is 23.6 Å². The van der Waals surface area contributed by atoms with E-state index in [0.29, 0.717) is 6.07 Å². The molecule has 1 fully saturated rings. The minimum atomic E-state index is -0.925. The Morgan fingerprint density at radius 1 is 1.19 bits per heavy atom. The Hall–Kier alpha value is -1.40. The quantitative estimate of drug-likeness (QED) is 0.598. The molecule has 0 aromatic heterocycles. The highest BCUT2D eigenvalue weighted by atomic mass is 19.1. The van der Waals surface area contributed by atoms with Crippen molar-refractivity contribution in [1.82, 2.24) is 0 Å². The predicted octanol–water partition coefficient (Wildman–Crippen LogP) is 0.0888. The van der Waals surface area contributed by atoms with Crippen molar-refractivity contribution in [2.45, 2.75) is 12.2 Å². The van der Waals surface area contributed by atoms with Crippen LogP contribution in [-0.4, -0.2) is 35.5 Å². The number of rotatable bonds is 1. The van der Waals surface area contributed by atoms with E-state index in [-0.39, 0.29) is 24.5 Å². The Morgan fingerprint density at radius 2 is 1.75 bits per heavy atom. The number of hydrogen-bond acceptors (Lipinski definition) is 4. The molecule has 1 heterocycles. The van der Waals surface area contributed by atoms with E-state index < -0.39 is 23.8 Å². The Morgan fingerprint density at radius 3 is 2.31 bits per heavy atom. The van der Waals surface area contributed by atoms with Gasteiger partial charge in [-0.05, 0) is 6.07 Å². The standard InChI is InChI=1S/C10H12F2N2O2/c11-5-1-6(12)10(13)7(2-5)14-3-8(15)9(16)4-14/h1-2,8-9,15-16H,3-4,13H2. The monoisotopic (exact) mass is 230 g/mol. The Bertz CT molecular complexity index is 404. The molecular formula is C10H12F2N2O2. The molecule has 1 saturated heterocycles. The van der Waals surface area contributed by atoms with Crippen LogP contribution in [0.15, 0.2) is 12.1 Å². The number of nitrogens with two attached hydrogens (primary N) is 1. The van der Waals surface area contributed by atoms with Gasteiger partial charge in [-0.25, -0.2) is 8.78 Å². The first-order valence-electron chi connectivity index (χ1n) is 4.84. The number of aliphatic hydroxyl groups excluding tert-OH is 2. The summed E-state index contributed by atoms with van der Waals surface area (Å²) in [5, 5.41) is 18.7. The van der Waals surface area contributed by atoms with Crippen LogP contribution in [0.3, 0.4) is 0 Å². The third kappa shape index (κ3) is 1.81. The molecule has 0 spiro atoms. The Balaban J connectivity index is 2.34. The molecule has 0 saturated carbocycles. The summed E-state index contributed by atoms with van der Waals surface area (Å²) in [6.45, 7) is 0.211. The molecule has 0 bridgehead atoms. The topological polar surface area (TPSA) is 69.7 Å². The van der Waals surface area contributed by atoms with Gasteiger partial charge in [0.15, 0.2) is 5.82 Å². The van der Waals surface area contributed by atoms with Crippen molar-refractivity contribution in [3.8, 4) is 0 Å². The second-order valence-electron chi connectivity index (χ2n) is 3.86. The second-order valence-corrected chi connectivity index (χ2v) is 3.86.